The fourth-order valence-electron chi connectivity index (χ4n) is 4.16. The van der Waals surface area contributed by atoms with Gasteiger partial charge in [0.1, 0.15) is 17.3 Å². The van der Waals surface area contributed by atoms with Gasteiger partial charge in [0, 0.05) is 36.6 Å². The van der Waals surface area contributed by atoms with Gasteiger partial charge in [-0.05, 0) is 55.4 Å². The number of alkyl halides is 3. The monoisotopic (exact) mass is 470 g/mol. The number of nitrogens with one attached hydrogen (secondary N) is 1. The number of aromatic nitrogens is 1. The number of anilines is 2. The Kier molecular flexibility index (Phi) is 5.91. The van der Waals surface area contributed by atoms with Gasteiger partial charge in [-0.25, -0.2) is 4.98 Å². The van der Waals surface area contributed by atoms with E-state index >= 15 is 0 Å². The van der Waals surface area contributed by atoms with Crippen molar-refractivity contribution in [2.45, 2.75) is 19.0 Å². The third-order valence-electron chi connectivity index (χ3n) is 5.92. The minimum atomic E-state index is -4.43. The third kappa shape index (κ3) is 4.67. The number of halogens is 4. The van der Waals surface area contributed by atoms with E-state index in [1.807, 2.05) is 4.90 Å². The first-order valence-electron chi connectivity index (χ1n) is 9.88. The Morgan fingerprint density at radius 2 is 1.90 bits per heavy atom. The van der Waals surface area contributed by atoms with Crippen molar-refractivity contribution in [2.24, 2.45) is 5.41 Å². The number of likely N-dealkylation sites (tertiary alicyclic amines) is 1. The molecule has 0 unspecified atom stereocenters. The Balaban J connectivity index is 1.33. The van der Waals surface area contributed by atoms with Crippen LogP contribution >= 0.6 is 23.8 Å². The number of piperidine rings is 1. The van der Waals surface area contributed by atoms with E-state index in [1.54, 1.807) is 31.4 Å². The maximum atomic E-state index is 12.9. The van der Waals surface area contributed by atoms with E-state index < -0.39 is 11.9 Å². The van der Waals surface area contributed by atoms with Crippen molar-refractivity contribution in [3.05, 3.63) is 47.1 Å². The van der Waals surface area contributed by atoms with Crippen LogP contribution in [0.4, 0.5) is 24.7 Å². The van der Waals surface area contributed by atoms with Crippen molar-refractivity contribution in [1.82, 2.24) is 9.88 Å². The second kappa shape index (κ2) is 8.35. The Hall–Kier alpha value is -2.26. The molecular weight excluding hydrogens is 449 g/mol. The SMILES string of the molecule is COc1ccc(Cl)cc1NC(=S)N1CCC2(CC1)CN(c1cccc(C(F)(F)F)n1)C2. The van der Waals surface area contributed by atoms with Crippen LogP contribution in [0.15, 0.2) is 36.4 Å². The maximum absolute atomic E-state index is 12.9. The largest absolute Gasteiger partial charge is 0.495 e. The van der Waals surface area contributed by atoms with Crippen LogP contribution in [0.2, 0.25) is 5.02 Å². The number of hydrogen-bond acceptors (Lipinski definition) is 4. The minimum absolute atomic E-state index is 0.0930. The summed E-state index contributed by atoms with van der Waals surface area (Å²) in [6.07, 6.45) is -2.60. The van der Waals surface area contributed by atoms with Crippen molar-refractivity contribution in [2.75, 3.05) is 43.5 Å². The molecule has 0 aliphatic carbocycles. The van der Waals surface area contributed by atoms with E-state index in [4.69, 9.17) is 28.6 Å². The van der Waals surface area contributed by atoms with Gasteiger partial charge < -0.3 is 19.9 Å². The molecule has 3 heterocycles. The number of hydrogen-bond donors (Lipinski definition) is 1. The molecule has 10 heteroatoms. The quantitative estimate of drug-likeness (QED) is 0.632. The molecule has 5 nitrogen and oxygen atoms in total. The minimum Gasteiger partial charge on any atom is -0.495 e. The maximum Gasteiger partial charge on any atom is 0.433 e. The number of methoxy groups -OCH3 is 1. The summed E-state index contributed by atoms with van der Waals surface area (Å²) in [7, 11) is 1.59. The highest BCUT2D eigenvalue weighted by Crippen LogP contribution is 2.43. The average molecular weight is 471 g/mol. The molecule has 0 atom stereocenters. The lowest BCUT2D eigenvalue weighted by molar-refractivity contribution is -0.141. The van der Waals surface area contributed by atoms with Gasteiger partial charge in [-0.3, -0.25) is 0 Å². The van der Waals surface area contributed by atoms with Crippen LogP contribution in [-0.2, 0) is 6.18 Å². The fourth-order valence-corrected chi connectivity index (χ4v) is 4.62. The summed E-state index contributed by atoms with van der Waals surface area (Å²) in [5.41, 5.74) is -0.0464. The molecule has 0 amide bonds. The van der Waals surface area contributed by atoms with Crippen LogP contribution in [0.5, 0.6) is 5.75 Å². The normalized spacial score (nSPS) is 18.0. The number of nitrogens with zero attached hydrogens (tertiary/aromatic N) is 3. The number of pyridine rings is 1. The summed E-state index contributed by atoms with van der Waals surface area (Å²) in [5.74, 6) is 1.04. The second-order valence-corrected chi connectivity index (χ2v) is 8.82. The summed E-state index contributed by atoms with van der Waals surface area (Å²) in [5, 5.41) is 4.40. The van der Waals surface area contributed by atoms with E-state index in [2.05, 4.69) is 15.2 Å². The molecule has 1 N–H and O–H groups in total. The molecule has 2 fully saturated rings. The Morgan fingerprint density at radius 1 is 1.19 bits per heavy atom. The lowest BCUT2D eigenvalue weighted by Crippen LogP contribution is -2.61. The summed E-state index contributed by atoms with van der Waals surface area (Å²) in [4.78, 5) is 7.81. The lowest BCUT2D eigenvalue weighted by atomic mass is 9.72. The first kappa shape index (κ1) is 22.0. The van der Waals surface area contributed by atoms with Crippen molar-refractivity contribution in [3.63, 3.8) is 0 Å². The van der Waals surface area contributed by atoms with Crippen molar-refractivity contribution >= 4 is 40.4 Å². The number of benzene rings is 1. The molecule has 4 rings (SSSR count). The topological polar surface area (TPSA) is 40.6 Å². The van der Waals surface area contributed by atoms with Crippen LogP contribution < -0.4 is 15.0 Å². The molecule has 2 saturated heterocycles. The molecule has 2 aliphatic rings. The molecule has 1 spiro atoms. The van der Waals surface area contributed by atoms with Crippen LogP contribution in [0.1, 0.15) is 18.5 Å². The van der Waals surface area contributed by atoms with Crippen LogP contribution in [0, 0.1) is 5.41 Å². The molecule has 0 radical (unpaired) electrons. The van der Waals surface area contributed by atoms with Crippen molar-refractivity contribution < 1.29 is 17.9 Å². The van der Waals surface area contributed by atoms with Gasteiger partial charge in [0.2, 0.25) is 0 Å². The van der Waals surface area contributed by atoms with Gasteiger partial charge >= 0.3 is 6.18 Å². The Labute approximate surface area is 189 Å². The molecule has 166 valence electrons. The van der Waals surface area contributed by atoms with Gasteiger partial charge in [-0.2, -0.15) is 13.2 Å². The molecule has 0 saturated carbocycles. The zero-order valence-corrected chi connectivity index (χ0v) is 18.4. The number of thiocarbonyl (C=S) groups is 1. The molecule has 2 aliphatic heterocycles. The summed E-state index contributed by atoms with van der Waals surface area (Å²) >= 11 is 11.7. The first-order valence-corrected chi connectivity index (χ1v) is 10.7. The molecule has 1 aromatic heterocycles. The van der Waals surface area contributed by atoms with Crippen LogP contribution in [0.3, 0.4) is 0 Å². The molecule has 2 aromatic rings. The van der Waals surface area contributed by atoms with Crippen molar-refractivity contribution in [3.8, 4) is 5.75 Å². The summed E-state index contributed by atoms with van der Waals surface area (Å²) < 4.78 is 44.1. The van der Waals surface area contributed by atoms with E-state index in [0.717, 1.165) is 32.0 Å². The van der Waals surface area contributed by atoms with E-state index in [1.165, 1.54) is 6.07 Å². The second-order valence-electron chi connectivity index (χ2n) is 8.00. The summed E-state index contributed by atoms with van der Waals surface area (Å²) in [6, 6.07) is 9.34. The van der Waals surface area contributed by atoms with Gasteiger partial charge in [-0.15, -0.1) is 0 Å². The molecular formula is C21H22ClF3N4OS. The van der Waals surface area contributed by atoms with E-state index in [0.29, 0.717) is 40.5 Å². The fraction of sp³-hybridized carbons (Fsp3) is 0.429. The van der Waals surface area contributed by atoms with E-state index in [-0.39, 0.29) is 5.41 Å². The smallest absolute Gasteiger partial charge is 0.433 e. The van der Waals surface area contributed by atoms with Gasteiger partial charge in [0.15, 0.2) is 5.11 Å². The highest BCUT2D eigenvalue weighted by atomic mass is 35.5. The first-order chi connectivity index (χ1) is 14.7. The van der Waals surface area contributed by atoms with Gasteiger partial charge in [0.25, 0.3) is 0 Å². The Morgan fingerprint density at radius 3 is 2.55 bits per heavy atom. The lowest BCUT2D eigenvalue weighted by Gasteiger charge is -2.54. The summed E-state index contributed by atoms with van der Waals surface area (Å²) in [6.45, 7) is 2.96. The zero-order valence-electron chi connectivity index (χ0n) is 16.9. The Bertz CT molecular complexity index is 971. The van der Waals surface area contributed by atoms with Crippen LogP contribution in [-0.4, -0.2) is 48.3 Å². The van der Waals surface area contributed by atoms with Crippen LogP contribution in [0.25, 0.3) is 0 Å². The predicted octanol–water partition coefficient (Wildman–Crippen LogP) is 5.06. The van der Waals surface area contributed by atoms with E-state index in [9.17, 15) is 13.2 Å². The molecule has 1 aromatic carbocycles. The van der Waals surface area contributed by atoms with Gasteiger partial charge in [-0.1, -0.05) is 17.7 Å². The highest BCUT2D eigenvalue weighted by molar-refractivity contribution is 7.80. The zero-order chi connectivity index (χ0) is 22.2. The standard InChI is InChI=1S/C21H22ClF3N4OS/c1-30-16-6-5-14(22)11-15(16)26-19(31)28-9-7-20(8-10-28)12-29(13-20)18-4-2-3-17(27-18)21(23,24)25/h2-6,11H,7-10,12-13H2,1H3,(H,26,31). The van der Waals surface area contributed by atoms with Crippen molar-refractivity contribution in [1.29, 1.82) is 0 Å². The highest BCUT2D eigenvalue weighted by Gasteiger charge is 2.46. The average Bonchev–Trinajstić information content (AvgIpc) is 2.72. The number of rotatable bonds is 3. The number of ether oxygens (including phenoxy) is 1. The third-order valence-corrected chi connectivity index (χ3v) is 6.51. The molecule has 0 bridgehead atoms. The molecule has 31 heavy (non-hydrogen) atoms. The predicted molar refractivity (Wildman–Crippen MR) is 119 cm³/mol. The van der Waals surface area contributed by atoms with Gasteiger partial charge in [0.05, 0.1) is 12.8 Å².